The van der Waals surface area contributed by atoms with Crippen molar-refractivity contribution in [2.45, 2.75) is 6.61 Å². The van der Waals surface area contributed by atoms with Gasteiger partial charge in [0.15, 0.2) is 0 Å². The van der Waals surface area contributed by atoms with Crippen LogP contribution in [0.5, 0.6) is 5.75 Å². The number of rotatable bonds is 4. The highest BCUT2D eigenvalue weighted by atomic mass is 32.1. The van der Waals surface area contributed by atoms with E-state index in [2.05, 4.69) is 4.74 Å². The van der Waals surface area contributed by atoms with Crippen molar-refractivity contribution in [2.75, 3.05) is 0 Å². The highest BCUT2D eigenvalue weighted by Crippen LogP contribution is 2.29. The van der Waals surface area contributed by atoms with E-state index in [0.29, 0.717) is 0 Å². The number of carboxylic acid groups (broad SMARTS) is 1. The Hall–Kier alpha value is -1.95. The summed E-state index contributed by atoms with van der Waals surface area (Å²) in [4.78, 5) is 11.7. The third-order valence-corrected chi connectivity index (χ3v) is 3.30. The first kappa shape index (κ1) is 12.5. The van der Waals surface area contributed by atoms with Gasteiger partial charge in [-0.3, -0.25) is 0 Å². The molecule has 0 spiro atoms. The van der Waals surface area contributed by atoms with Crippen LogP contribution in [0.25, 0.3) is 10.4 Å². The van der Waals surface area contributed by atoms with Gasteiger partial charge in [0.05, 0.1) is 0 Å². The van der Waals surface area contributed by atoms with Gasteiger partial charge in [0.2, 0.25) is 0 Å². The van der Waals surface area contributed by atoms with Gasteiger partial charge in [-0.25, -0.2) is 4.79 Å². The molecule has 3 nitrogen and oxygen atoms in total. The van der Waals surface area contributed by atoms with Crippen molar-refractivity contribution >= 4 is 17.3 Å². The Morgan fingerprint density at radius 3 is 2.33 bits per heavy atom. The van der Waals surface area contributed by atoms with Crippen LogP contribution in [-0.4, -0.2) is 17.7 Å². The summed E-state index contributed by atoms with van der Waals surface area (Å²) in [6.07, 6.45) is 0. The van der Waals surface area contributed by atoms with Gasteiger partial charge in [-0.15, -0.1) is 11.3 Å². The Labute approximate surface area is 105 Å². The SMILES string of the molecule is O=C(O)c1ccc(-c2ccc(OC(F)F)cc2)s1. The summed E-state index contributed by atoms with van der Waals surface area (Å²) < 4.78 is 28.1. The van der Waals surface area contributed by atoms with Crippen molar-refractivity contribution in [1.82, 2.24) is 0 Å². The van der Waals surface area contributed by atoms with Crippen LogP contribution in [0.2, 0.25) is 0 Å². The van der Waals surface area contributed by atoms with E-state index < -0.39 is 12.6 Å². The van der Waals surface area contributed by atoms with E-state index in [0.717, 1.165) is 21.8 Å². The Morgan fingerprint density at radius 2 is 1.83 bits per heavy atom. The minimum Gasteiger partial charge on any atom is -0.477 e. The number of thiophene rings is 1. The highest BCUT2D eigenvalue weighted by molar-refractivity contribution is 7.17. The van der Waals surface area contributed by atoms with Crippen LogP contribution in [0.4, 0.5) is 8.78 Å². The molecule has 0 atom stereocenters. The Morgan fingerprint density at radius 1 is 1.17 bits per heavy atom. The molecule has 0 aliphatic rings. The van der Waals surface area contributed by atoms with Crippen LogP contribution < -0.4 is 4.74 Å². The summed E-state index contributed by atoms with van der Waals surface area (Å²) in [6, 6.07) is 9.23. The van der Waals surface area contributed by atoms with E-state index in [1.807, 2.05) is 0 Å². The van der Waals surface area contributed by atoms with E-state index in [1.54, 1.807) is 18.2 Å². The molecule has 0 bridgehead atoms. The van der Waals surface area contributed by atoms with Crippen LogP contribution in [0.3, 0.4) is 0 Å². The number of carboxylic acids is 1. The molecule has 6 heteroatoms. The third-order valence-electron chi connectivity index (χ3n) is 2.18. The molecular weight excluding hydrogens is 262 g/mol. The van der Waals surface area contributed by atoms with Gasteiger partial charge in [-0.1, -0.05) is 0 Å². The van der Waals surface area contributed by atoms with Gasteiger partial charge in [0.25, 0.3) is 0 Å². The van der Waals surface area contributed by atoms with Crippen LogP contribution >= 0.6 is 11.3 Å². The molecule has 0 fully saturated rings. The lowest BCUT2D eigenvalue weighted by atomic mass is 10.2. The molecule has 0 saturated carbocycles. The van der Waals surface area contributed by atoms with Crippen molar-refractivity contribution in [2.24, 2.45) is 0 Å². The lowest BCUT2D eigenvalue weighted by molar-refractivity contribution is -0.0498. The molecule has 0 saturated heterocycles. The lowest BCUT2D eigenvalue weighted by Crippen LogP contribution is -2.01. The summed E-state index contributed by atoms with van der Waals surface area (Å²) in [6.45, 7) is -2.85. The van der Waals surface area contributed by atoms with Crippen LogP contribution in [0.1, 0.15) is 9.67 Å². The van der Waals surface area contributed by atoms with Crippen molar-refractivity contribution in [1.29, 1.82) is 0 Å². The largest absolute Gasteiger partial charge is 0.477 e. The first-order valence-electron chi connectivity index (χ1n) is 4.94. The van der Waals surface area contributed by atoms with Crippen LogP contribution in [-0.2, 0) is 0 Å². The fraction of sp³-hybridized carbons (Fsp3) is 0.0833. The zero-order valence-electron chi connectivity index (χ0n) is 8.97. The predicted octanol–water partition coefficient (Wildman–Crippen LogP) is 3.71. The standard InChI is InChI=1S/C12H8F2O3S/c13-12(14)17-8-3-1-7(2-4-8)9-5-6-10(18-9)11(15)16/h1-6,12H,(H,15,16). The zero-order chi connectivity index (χ0) is 13.1. The van der Waals surface area contributed by atoms with E-state index in [-0.39, 0.29) is 10.6 Å². The normalized spacial score (nSPS) is 10.6. The maximum absolute atomic E-state index is 12.0. The minimum absolute atomic E-state index is 0.0729. The summed E-state index contributed by atoms with van der Waals surface area (Å²) in [5, 5.41) is 8.80. The Balaban J connectivity index is 2.20. The van der Waals surface area contributed by atoms with Crippen molar-refractivity contribution in [3.63, 3.8) is 0 Å². The van der Waals surface area contributed by atoms with E-state index in [9.17, 15) is 13.6 Å². The molecule has 1 aromatic carbocycles. The fourth-order valence-electron chi connectivity index (χ4n) is 1.41. The molecule has 0 radical (unpaired) electrons. The molecule has 1 aromatic heterocycles. The molecule has 2 rings (SSSR count). The number of ether oxygens (including phenoxy) is 1. The van der Waals surface area contributed by atoms with E-state index in [1.165, 1.54) is 18.2 Å². The predicted molar refractivity (Wildman–Crippen MR) is 63.3 cm³/mol. The minimum atomic E-state index is -2.85. The number of alkyl halides is 2. The number of aromatic carboxylic acids is 1. The quantitative estimate of drug-likeness (QED) is 0.921. The number of benzene rings is 1. The Bertz CT molecular complexity index is 549. The number of hydrogen-bond donors (Lipinski definition) is 1. The first-order chi connectivity index (χ1) is 8.56. The molecular formula is C12H8F2O3S. The average Bonchev–Trinajstić information content (AvgIpc) is 2.78. The lowest BCUT2D eigenvalue weighted by Gasteiger charge is -2.04. The van der Waals surface area contributed by atoms with Gasteiger partial charge in [0, 0.05) is 4.88 Å². The molecule has 1 N–H and O–H groups in total. The second-order valence-corrected chi connectivity index (χ2v) is 4.46. The molecule has 2 aromatic rings. The number of carbonyl (C=O) groups is 1. The summed E-state index contributed by atoms with van der Waals surface area (Å²) in [5.41, 5.74) is 0.758. The first-order valence-corrected chi connectivity index (χ1v) is 5.76. The summed E-state index contributed by atoms with van der Waals surface area (Å²) >= 11 is 1.13. The maximum Gasteiger partial charge on any atom is 0.387 e. The smallest absolute Gasteiger partial charge is 0.387 e. The average molecular weight is 270 g/mol. The second-order valence-electron chi connectivity index (χ2n) is 3.37. The molecule has 0 unspecified atom stereocenters. The van der Waals surface area contributed by atoms with Gasteiger partial charge >= 0.3 is 12.6 Å². The van der Waals surface area contributed by atoms with Crippen molar-refractivity contribution in [3.05, 3.63) is 41.3 Å². The third kappa shape index (κ3) is 2.84. The molecule has 0 amide bonds. The molecule has 0 aliphatic heterocycles. The molecule has 1 heterocycles. The Kier molecular flexibility index (Phi) is 3.57. The molecule has 0 aliphatic carbocycles. The van der Waals surface area contributed by atoms with Gasteiger partial charge in [0.1, 0.15) is 10.6 Å². The van der Waals surface area contributed by atoms with Gasteiger partial charge in [-0.05, 0) is 42.0 Å². The highest BCUT2D eigenvalue weighted by Gasteiger charge is 2.09. The summed E-state index contributed by atoms with van der Waals surface area (Å²) in [7, 11) is 0. The fourth-order valence-corrected chi connectivity index (χ4v) is 2.26. The zero-order valence-corrected chi connectivity index (χ0v) is 9.79. The van der Waals surface area contributed by atoms with E-state index in [4.69, 9.17) is 5.11 Å². The van der Waals surface area contributed by atoms with Crippen molar-refractivity contribution < 1.29 is 23.4 Å². The summed E-state index contributed by atoms with van der Waals surface area (Å²) in [5.74, 6) is -0.910. The molecule has 94 valence electrons. The van der Waals surface area contributed by atoms with E-state index >= 15 is 0 Å². The topological polar surface area (TPSA) is 46.5 Å². The van der Waals surface area contributed by atoms with Crippen LogP contribution in [0.15, 0.2) is 36.4 Å². The molecule has 18 heavy (non-hydrogen) atoms. The number of hydrogen-bond acceptors (Lipinski definition) is 3. The maximum atomic E-state index is 12.0. The van der Waals surface area contributed by atoms with Crippen molar-refractivity contribution in [3.8, 4) is 16.2 Å². The number of halogens is 2. The van der Waals surface area contributed by atoms with Crippen LogP contribution in [0, 0.1) is 0 Å². The monoisotopic (exact) mass is 270 g/mol. The second kappa shape index (κ2) is 5.14. The van der Waals surface area contributed by atoms with Gasteiger partial charge in [-0.2, -0.15) is 8.78 Å². The van der Waals surface area contributed by atoms with Gasteiger partial charge < -0.3 is 9.84 Å².